The van der Waals surface area contributed by atoms with Crippen molar-refractivity contribution in [2.75, 3.05) is 19.8 Å². The van der Waals surface area contributed by atoms with Crippen molar-refractivity contribution in [1.29, 1.82) is 0 Å². The number of hydrogen-bond donors (Lipinski definition) is 0. The zero-order chi connectivity index (χ0) is 14.3. The van der Waals surface area contributed by atoms with Crippen molar-refractivity contribution in [1.82, 2.24) is 0 Å². The summed E-state index contributed by atoms with van der Waals surface area (Å²) in [5.41, 5.74) is -0.581. The molecule has 116 valence electrons. The third-order valence-corrected chi connectivity index (χ3v) is 4.27. The maximum atomic E-state index is 11.7. The van der Waals surface area contributed by atoms with E-state index in [1.54, 1.807) is 0 Å². The molecule has 0 aromatic carbocycles. The van der Waals surface area contributed by atoms with E-state index < -0.39 is 5.60 Å². The molecule has 2 aliphatic heterocycles. The minimum absolute atomic E-state index is 0.171. The number of unbranched alkanes of at least 4 members (excludes halogenated alkanes) is 3. The predicted molar refractivity (Wildman–Crippen MR) is 76.6 cm³/mol. The van der Waals surface area contributed by atoms with Crippen molar-refractivity contribution in [3.8, 4) is 0 Å². The quantitative estimate of drug-likeness (QED) is 0.370. The van der Waals surface area contributed by atoms with Gasteiger partial charge in [0.1, 0.15) is 0 Å². The molecule has 2 rings (SSSR count). The SMILES string of the molecule is CCOC(=O)C1(CCCCCCC2CCCCO2)CO1. The number of ether oxygens (including phenoxy) is 3. The van der Waals surface area contributed by atoms with Crippen LogP contribution in [0.1, 0.15) is 64.7 Å². The summed E-state index contributed by atoms with van der Waals surface area (Å²) < 4.78 is 16.1. The van der Waals surface area contributed by atoms with Gasteiger partial charge in [-0.1, -0.05) is 19.3 Å². The largest absolute Gasteiger partial charge is 0.464 e. The Labute approximate surface area is 122 Å². The van der Waals surface area contributed by atoms with E-state index in [-0.39, 0.29) is 5.97 Å². The molecule has 2 saturated heterocycles. The normalized spacial score (nSPS) is 29.1. The van der Waals surface area contributed by atoms with Gasteiger partial charge in [0, 0.05) is 6.61 Å². The molecule has 0 saturated carbocycles. The Morgan fingerprint density at radius 3 is 2.70 bits per heavy atom. The lowest BCUT2D eigenvalue weighted by molar-refractivity contribution is -0.149. The second-order valence-electron chi connectivity index (χ2n) is 5.94. The molecule has 0 aromatic rings. The summed E-state index contributed by atoms with van der Waals surface area (Å²) in [6.07, 6.45) is 11.0. The number of rotatable bonds is 9. The molecule has 0 spiro atoms. The summed E-state index contributed by atoms with van der Waals surface area (Å²) >= 11 is 0. The highest BCUT2D eigenvalue weighted by Crippen LogP contribution is 2.34. The van der Waals surface area contributed by atoms with Crippen LogP contribution in [0, 0.1) is 0 Å². The molecule has 2 aliphatic rings. The van der Waals surface area contributed by atoms with Crippen LogP contribution in [0.15, 0.2) is 0 Å². The van der Waals surface area contributed by atoms with Crippen LogP contribution in [-0.2, 0) is 19.0 Å². The molecular formula is C16H28O4. The molecule has 2 heterocycles. The topological polar surface area (TPSA) is 48.1 Å². The Morgan fingerprint density at radius 1 is 1.25 bits per heavy atom. The Hall–Kier alpha value is -0.610. The molecule has 0 radical (unpaired) electrons. The highest BCUT2D eigenvalue weighted by Gasteiger charge is 2.52. The van der Waals surface area contributed by atoms with Crippen molar-refractivity contribution in [2.24, 2.45) is 0 Å². The van der Waals surface area contributed by atoms with E-state index in [0.29, 0.717) is 19.3 Å². The van der Waals surface area contributed by atoms with Gasteiger partial charge in [-0.2, -0.15) is 0 Å². The standard InChI is InChI=1S/C16H28O4/c1-2-18-15(17)16(13-20-16)11-7-4-3-5-9-14-10-6-8-12-19-14/h14H,2-13H2,1H3. The van der Waals surface area contributed by atoms with Gasteiger partial charge < -0.3 is 14.2 Å². The Morgan fingerprint density at radius 2 is 2.05 bits per heavy atom. The first-order valence-corrected chi connectivity index (χ1v) is 8.19. The first kappa shape index (κ1) is 15.8. The van der Waals surface area contributed by atoms with Crippen LogP contribution in [0.5, 0.6) is 0 Å². The third kappa shape index (κ3) is 4.74. The van der Waals surface area contributed by atoms with Crippen LogP contribution in [0.25, 0.3) is 0 Å². The lowest BCUT2D eigenvalue weighted by Gasteiger charge is -2.22. The van der Waals surface area contributed by atoms with Crippen LogP contribution in [0.4, 0.5) is 0 Å². The fourth-order valence-corrected chi connectivity index (χ4v) is 2.89. The van der Waals surface area contributed by atoms with Crippen molar-refractivity contribution >= 4 is 5.97 Å². The molecule has 4 nitrogen and oxygen atoms in total. The molecule has 20 heavy (non-hydrogen) atoms. The molecule has 4 heteroatoms. The van der Waals surface area contributed by atoms with Gasteiger partial charge in [0.2, 0.25) is 0 Å². The molecule has 2 unspecified atom stereocenters. The minimum Gasteiger partial charge on any atom is -0.464 e. The van der Waals surface area contributed by atoms with Gasteiger partial charge in [-0.05, 0) is 45.4 Å². The van der Waals surface area contributed by atoms with E-state index in [2.05, 4.69) is 0 Å². The Kier molecular flexibility index (Phi) is 6.30. The smallest absolute Gasteiger partial charge is 0.340 e. The van der Waals surface area contributed by atoms with E-state index in [1.807, 2.05) is 6.92 Å². The minimum atomic E-state index is -0.581. The first-order chi connectivity index (χ1) is 9.77. The van der Waals surface area contributed by atoms with E-state index in [1.165, 1.54) is 38.5 Å². The number of epoxide rings is 1. The van der Waals surface area contributed by atoms with Crippen LogP contribution in [0.3, 0.4) is 0 Å². The second-order valence-corrected chi connectivity index (χ2v) is 5.94. The maximum Gasteiger partial charge on any atom is 0.340 e. The van der Waals surface area contributed by atoms with Gasteiger partial charge in [-0.25, -0.2) is 4.79 Å². The maximum absolute atomic E-state index is 11.7. The van der Waals surface area contributed by atoms with E-state index in [9.17, 15) is 4.79 Å². The van der Waals surface area contributed by atoms with Gasteiger partial charge in [-0.3, -0.25) is 0 Å². The summed E-state index contributed by atoms with van der Waals surface area (Å²) in [6, 6.07) is 0. The number of hydrogen-bond acceptors (Lipinski definition) is 4. The van der Waals surface area contributed by atoms with Crippen LogP contribution >= 0.6 is 0 Å². The first-order valence-electron chi connectivity index (χ1n) is 8.19. The fraction of sp³-hybridized carbons (Fsp3) is 0.938. The molecule has 0 N–H and O–H groups in total. The van der Waals surface area contributed by atoms with Crippen LogP contribution < -0.4 is 0 Å². The summed E-state index contributed by atoms with van der Waals surface area (Å²) in [5, 5.41) is 0. The lowest BCUT2D eigenvalue weighted by Crippen LogP contribution is -2.27. The predicted octanol–water partition coefficient (Wildman–Crippen LogP) is 3.23. The molecule has 0 bridgehead atoms. The van der Waals surface area contributed by atoms with Crippen molar-refractivity contribution in [3.63, 3.8) is 0 Å². The summed E-state index contributed by atoms with van der Waals surface area (Å²) in [4.78, 5) is 11.7. The zero-order valence-electron chi connectivity index (χ0n) is 12.7. The Bertz CT molecular complexity index is 293. The van der Waals surface area contributed by atoms with Gasteiger partial charge >= 0.3 is 5.97 Å². The molecule has 0 amide bonds. The number of carbonyl (C=O) groups excluding carboxylic acids is 1. The third-order valence-electron chi connectivity index (χ3n) is 4.27. The van der Waals surface area contributed by atoms with Crippen molar-refractivity contribution < 1.29 is 19.0 Å². The number of esters is 1. The van der Waals surface area contributed by atoms with Gasteiger partial charge in [0.05, 0.1) is 19.3 Å². The van der Waals surface area contributed by atoms with Crippen LogP contribution in [-0.4, -0.2) is 37.5 Å². The zero-order valence-corrected chi connectivity index (χ0v) is 12.7. The Balaban J connectivity index is 1.48. The average molecular weight is 284 g/mol. The van der Waals surface area contributed by atoms with Gasteiger partial charge in [-0.15, -0.1) is 0 Å². The summed E-state index contributed by atoms with van der Waals surface area (Å²) in [5.74, 6) is -0.171. The van der Waals surface area contributed by atoms with E-state index in [0.717, 1.165) is 25.9 Å². The van der Waals surface area contributed by atoms with Gasteiger partial charge in [0.25, 0.3) is 0 Å². The monoisotopic (exact) mass is 284 g/mol. The lowest BCUT2D eigenvalue weighted by atomic mass is 9.99. The summed E-state index contributed by atoms with van der Waals surface area (Å²) in [7, 11) is 0. The fourth-order valence-electron chi connectivity index (χ4n) is 2.89. The number of carbonyl (C=O) groups is 1. The molecule has 2 fully saturated rings. The average Bonchev–Trinajstić information content (AvgIpc) is 3.25. The molecule has 0 aromatic heterocycles. The highest BCUT2D eigenvalue weighted by atomic mass is 16.6. The van der Waals surface area contributed by atoms with Crippen molar-refractivity contribution in [2.45, 2.75) is 76.4 Å². The second kappa shape index (κ2) is 7.99. The molecule has 0 aliphatic carbocycles. The highest BCUT2D eigenvalue weighted by molar-refractivity contribution is 5.82. The van der Waals surface area contributed by atoms with E-state index >= 15 is 0 Å². The molecular weight excluding hydrogens is 256 g/mol. The summed E-state index contributed by atoms with van der Waals surface area (Å²) in [6.45, 7) is 3.76. The van der Waals surface area contributed by atoms with Crippen molar-refractivity contribution in [3.05, 3.63) is 0 Å². The molecule has 2 atom stereocenters. The van der Waals surface area contributed by atoms with Gasteiger partial charge in [0.15, 0.2) is 5.60 Å². The van der Waals surface area contributed by atoms with Crippen LogP contribution in [0.2, 0.25) is 0 Å². The van der Waals surface area contributed by atoms with E-state index in [4.69, 9.17) is 14.2 Å².